The molecule has 0 aliphatic heterocycles. The molecule has 0 radical (unpaired) electrons. The predicted octanol–water partition coefficient (Wildman–Crippen LogP) is 1.84. The summed E-state index contributed by atoms with van der Waals surface area (Å²) in [6, 6.07) is 5.64. The van der Waals surface area contributed by atoms with Gasteiger partial charge in [0.1, 0.15) is 5.75 Å². The van der Waals surface area contributed by atoms with Crippen molar-refractivity contribution in [2.75, 3.05) is 12.8 Å². The van der Waals surface area contributed by atoms with Crippen molar-refractivity contribution in [1.82, 2.24) is 14.8 Å². The van der Waals surface area contributed by atoms with Gasteiger partial charge in [-0.2, -0.15) is 4.98 Å². The molecule has 5 nitrogen and oxygen atoms in total. The van der Waals surface area contributed by atoms with E-state index in [9.17, 15) is 0 Å². The first-order valence-electron chi connectivity index (χ1n) is 4.62. The summed E-state index contributed by atoms with van der Waals surface area (Å²) in [5.41, 5.74) is 6.51. The number of aromatic nitrogens is 3. The Balaban J connectivity index is 2.45. The van der Waals surface area contributed by atoms with E-state index in [-0.39, 0.29) is 0 Å². The summed E-state index contributed by atoms with van der Waals surface area (Å²) in [6.45, 7) is 0. The van der Waals surface area contributed by atoms with Crippen LogP contribution >= 0.6 is 15.9 Å². The Morgan fingerprint density at radius 1 is 1.44 bits per heavy atom. The molecule has 0 saturated carbocycles. The Labute approximate surface area is 101 Å². The average molecular weight is 283 g/mol. The molecule has 0 atom stereocenters. The van der Waals surface area contributed by atoms with Crippen molar-refractivity contribution in [2.45, 2.75) is 0 Å². The number of ether oxygens (including phenoxy) is 1. The molecular formula is C10H11BrN4O. The Bertz CT molecular complexity index is 504. The number of hydrogen-bond acceptors (Lipinski definition) is 4. The van der Waals surface area contributed by atoms with Gasteiger partial charge in [-0.05, 0) is 34.1 Å². The summed E-state index contributed by atoms with van der Waals surface area (Å²) < 4.78 is 7.54. The molecular weight excluding hydrogens is 272 g/mol. The molecule has 1 aromatic heterocycles. The number of nitrogen functional groups attached to an aromatic ring is 1. The molecule has 1 heterocycles. The smallest absolute Gasteiger partial charge is 0.218 e. The Morgan fingerprint density at radius 3 is 2.69 bits per heavy atom. The largest absolute Gasteiger partial charge is 0.496 e. The van der Waals surface area contributed by atoms with Crippen LogP contribution in [-0.4, -0.2) is 21.9 Å². The maximum absolute atomic E-state index is 5.63. The molecule has 0 unspecified atom stereocenters. The van der Waals surface area contributed by atoms with Crippen molar-refractivity contribution < 1.29 is 4.74 Å². The molecule has 16 heavy (non-hydrogen) atoms. The lowest BCUT2D eigenvalue weighted by molar-refractivity contribution is 0.412. The monoisotopic (exact) mass is 282 g/mol. The highest BCUT2D eigenvalue weighted by atomic mass is 79.9. The lowest BCUT2D eigenvalue weighted by Gasteiger charge is -2.03. The third kappa shape index (κ3) is 1.88. The van der Waals surface area contributed by atoms with Gasteiger partial charge in [-0.15, -0.1) is 5.10 Å². The van der Waals surface area contributed by atoms with Crippen molar-refractivity contribution in [3.05, 3.63) is 22.7 Å². The summed E-state index contributed by atoms with van der Waals surface area (Å²) in [4.78, 5) is 4.15. The second kappa shape index (κ2) is 4.13. The second-order valence-electron chi connectivity index (χ2n) is 3.27. The first-order chi connectivity index (χ1) is 7.61. The van der Waals surface area contributed by atoms with Gasteiger partial charge in [-0.3, -0.25) is 0 Å². The highest BCUT2D eigenvalue weighted by Gasteiger charge is 2.09. The van der Waals surface area contributed by atoms with Crippen molar-refractivity contribution in [2.24, 2.45) is 7.05 Å². The molecule has 0 fully saturated rings. The van der Waals surface area contributed by atoms with Crippen molar-refractivity contribution in [3.63, 3.8) is 0 Å². The molecule has 0 aliphatic carbocycles. The summed E-state index contributed by atoms with van der Waals surface area (Å²) >= 11 is 3.41. The van der Waals surface area contributed by atoms with E-state index in [1.165, 1.54) is 4.68 Å². The molecule has 0 aliphatic rings. The topological polar surface area (TPSA) is 66.0 Å². The first-order valence-corrected chi connectivity index (χ1v) is 5.41. The van der Waals surface area contributed by atoms with Gasteiger partial charge in [0.2, 0.25) is 5.95 Å². The zero-order valence-corrected chi connectivity index (χ0v) is 10.5. The standard InChI is InChI=1S/C10H11BrN4O/c1-15-10(12)13-9(14-15)6-3-4-8(16-2)7(11)5-6/h3-5H,1-2H3,(H2,12,13,14). The van der Waals surface area contributed by atoms with Gasteiger partial charge in [0.05, 0.1) is 11.6 Å². The van der Waals surface area contributed by atoms with Crippen LogP contribution in [0, 0.1) is 0 Å². The fraction of sp³-hybridized carbons (Fsp3) is 0.200. The van der Waals surface area contributed by atoms with Crippen molar-refractivity contribution >= 4 is 21.9 Å². The van der Waals surface area contributed by atoms with Gasteiger partial charge < -0.3 is 10.5 Å². The minimum Gasteiger partial charge on any atom is -0.496 e. The number of aryl methyl sites for hydroxylation is 1. The van der Waals surface area contributed by atoms with Crippen LogP contribution in [0.15, 0.2) is 22.7 Å². The fourth-order valence-corrected chi connectivity index (χ4v) is 1.86. The van der Waals surface area contributed by atoms with Gasteiger partial charge in [0.15, 0.2) is 5.82 Å². The number of anilines is 1. The summed E-state index contributed by atoms with van der Waals surface area (Å²) in [5.74, 6) is 1.76. The number of rotatable bonds is 2. The zero-order chi connectivity index (χ0) is 11.7. The van der Waals surface area contributed by atoms with Gasteiger partial charge in [0, 0.05) is 12.6 Å². The molecule has 2 aromatic rings. The third-order valence-electron chi connectivity index (χ3n) is 2.21. The molecule has 2 N–H and O–H groups in total. The molecule has 6 heteroatoms. The number of halogens is 1. The maximum atomic E-state index is 5.63. The minimum absolute atomic E-state index is 0.391. The van der Waals surface area contributed by atoms with E-state index in [0.29, 0.717) is 11.8 Å². The van der Waals surface area contributed by atoms with Crippen LogP contribution in [0.25, 0.3) is 11.4 Å². The quantitative estimate of drug-likeness (QED) is 0.913. The average Bonchev–Trinajstić information content (AvgIpc) is 2.59. The van der Waals surface area contributed by atoms with E-state index in [4.69, 9.17) is 10.5 Å². The second-order valence-corrected chi connectivity index (χ2v) is 4.12. The van der Waals surface area contributed by atoms with Crippen LogP contribution in [0.3, 0.4) is 0 Å². The number of hydrogen-bond donors (Lipinski definition) is 1. The van der Waals surface area contributed by atoms with Crippen LogP contribution in [0.4, 0.5) is 5.95 Å². The van der Waals surface area contributed by atoms with E-state index in [2.05, 4.69) is 26.0 Å². The molecule has 0 saturated heterocycles. The number of nitrogens with zero attached hydrogens (tertiary/aromatic N) is 3. The van der Waals surface area contributed by atoms with E-state index < -0.39 is 0 Å². The minimum atomic E-state index is 0.391. The van der Waals surface area contributed by atoms with Gasteiger partial charge >= 0.3 is 0 Å². The summed E-state index contributed by atoms with van der Waals surface area (Å²) in [7, 11) is 3.38. The third-order valence-corrected chi connectivity index (χ3v) is 2.83. The number of benzene rings is 1. The SMILES string of the molecule is COc1ccc(-c2nc(N)n(C)n2)cc1Br. The van der Waals surface area contributed by atoms with Crippen molar-refractivity contribution in [3.8, 4) is 17.1 Å². The van der Waals surface area contributed by atoms with Crippen molar-refractivity contribution in [1.29, 1.82) is 0 Å². The molecule has 0 spiro atoms. The van der Waals surface area contributed by atoms with Gasteiger partial charge in [-0.1, -0.05) is 0 Å². The van der Waals surface area contributed by atoms with Crippen LogP contribution in [0.5, 0.6) is 5.75 Å². The molecule has 0 amide bonds. The predicted molar refractivity (Wildman–Crippen MR) is 65.1 cm³/mol. The van der Waals surface area contributed by atoms with Crippen LogP contribution in [-0.2, 0) is 7.05 Å². The Morgan fingerprint density at radius 2 is 2.19 bits per heavy atom. The number of nitrogens with two attached hydrogens (primary N) is 1. The lowest BCUT2D eigenvalue weighted by atomic mass is 10.2. The molecule has 84 valence electrons. The van der Waals surface area contributed by atoms with Gasteiger partial charge in [0.25, 0.3) is 0 Å². The van der Waals surface area contributed by atoms with E-state index in [1.807, 2.05) is 18.2 Å². The lowest BCUT2D eigenvalue weighted by Crippen LogP contribution is -1.97. The maximum Gasteiger partial charge on any atom is 0.218 e. The van der Waals surface area contributed by atoms with Crippen LogP contribution < -0.4 is 10.5 Å². The van der Waals surface area contributed by atoms with Crippen LogP contribution in [0.2, 0.25) is 0 Å². The van der Waals surface area contributed by atoms with E-state index in [0.717, 1.165) is 15.8 Å². The van der Waals surface area contributed by atoms with Gasteiger partial charge in [-0.25, -0.2) is 4.68 Å². The zero-order valence-electron chi connectivity index (χ0n) is 8.94. The van der Waals surface area contributed by atoms with Crippen LogP contribution in [0.1, 0.15) is 0 Å². The Hall–Kier alpha value is -1.56. The molecule has 2 rings (SSSR count). The van der Waals surface area contributed by atoms with E-state index >= 15 is 0 Å². The van der Waals surface area contributed by atoms with E-state index in [1.54, 1.807) is 14.2 Å². The highest BCUT2D eigenvalue weighted by Crippen LogP contribution is 2.29. The molecule has 0 bridgehead atoms. The number of methoxy groups -OCH3 is 1. The summed E-state index contributed by atoms with van der Waals surface area (Å²) in [6.07, 6.45) is 0. The first kappa shape index (κ1) is 10.9. The Kier molecular flexibility index (Phi) is 2.82. The fourth-order valence-electron chi connectivity index (χ4n) is 1.32. The normalized spacial score (nSPS) is 10.4. The molecule has 1 aromatic carbocycles. The summed E-state index contributed by atoms with van der Waals surface area (Å²) in [5, 5.41) is 4.20. The highest BCUT2D eigenvalue weighted by molar-refractivity contribution is 9.10.